The molecule has 0 aromatic heterocycles. The quantitative estimate of drug-likeness (QED) is 0.738. The van der Waals surface area contributed by atoms with E-state index in [9.17, 15) is 9.90 Å². The van der Waals surface area contributed by atoms with E-state index in [1.165, 1.54) is 11.1 Å². The minimum atomic E-state index is -0.222. The van der Waals surface area contributed by atoms with Crippen LogP contribution in [-0.2, 0) is 6.42 Å². The van der Waals surface area contributed by atoms with E-state index >= 15 is 0 Å². The lowest BCUT2D eigenvalue weighted by atomic mass is 9.87. The van der Waals surface area contributed by atoms with Gasteiger partial charge in [-0.25, -0.2) is 0 Å². The SMILES string of the molecule is O=C(NC1CCCc2ccccc21)c1cc2ccccc2cc1O. The fourth-order valence-electron chi connectivity index (χ4n) is 3.55. The lowest BCUT2D eigenvalue weighted by Gasteiger charge is -2.26. The molecule has 1 amide bonds. The number of carbonyl (C=O) groups is 1. The highest BCUT2D eigenvalue weighted by Gasteiger charge is 2.23. The van der Waals surface area contributed by atoms with Gasteiger partial charge in [0.1, 0.15) is 5.75 Å². The molecule has 1 atom stereocenters. The number of fused-ring (bicyclic) bond motifs is 2. The van der Waals surface area contributed by atoms with Crippen LogP contribution in [-0.4, -0.2) is 11.0 Å². The number of nitrogens with one attached hydrogen (secondary N) is 1. The summed E-state index contributed by atoms with van der Waals surface area (Å²) in [5.41, 5.74) is 2.82. The Morgan fingerprint density at radius 3 is 2.54 bits per heavy atom. The van der Waals surface area contributed by atoms with E-state index < -0.39 is 0 Å². The first-order valence-electron chi connectivity index (χ1n) is 8.33. The summed E-state index contributed by atoms with van der Waals surface area (Å²) in [5.74, 6) is -0.199. The number of amides is 1. The zero-order valence-electron chi connectivity index (χ0n) is 13.3. The molecule has 3 heteroatoms. The number of phenols is 1. The Kier molecular flexibility index (Phi) is 3.69. The van der Waals surface area contributed by atoms with Crippen LogP contribution in [0.25, 0.3) is 10.8 Å². The van der Waals surface area contributed by atoms with E-state index in [2.05, 4.69) is 17.4 Å². The van der Waals surface area contributed by atoms with Gasteiger partial charge < -0.3 is 10.4 Å². The molecule has 1 unspecified atom stereocenters. The summed E-state index contributed by atoms with van der Waals surface area (Å²) in [5, 5.41) is 15.2. The highest BCUT2D eigenvalue weighted by Crippen LogP contribution is 2.31. The molecule has 3 aromatic rings. The Hall–Kier alpha value is -2.81. The van der Waals surface area contributed by atoms with Gasteiger partial charge >= 0.3 is 0 Å². The van der Waals surface area contributed by atoms with Gasteiger partial charge in [-0.3, -0.25) is 4.79 Å². The Morgan fingerprint density at radius 2 is 1.71 bits per heavy atom. The number of carbonyl (C=O) groups excluding carboxylic acids is 1. The van der Waals surface area contributed by atoms with Crippen molar-refractivity contribution < 1.29 is 9.90 Å². The average Bonchev–Trinajstić information content (AvgIpc) is 2.61. The van der Waals surface area contributed by atoms with Crippen LogP contribution in [0, 0.1) is 0 Å². The molecular weight excluding hydrogens is 298 g/mol. The van der Waals surface area contributed by atoms with Crippen LogP contribution in [0.2, 0.25) is 0 Å². The van der Waals surface area contributed by atoms with Crippen molar-refractivity contribution in [1.82, 2.24) is 5.32 Å². The molecule has 3 aromatic carbocycles. The van der Waals surface area contributed by atoms with Gasteiger partial charge in [-0.15, -0.1) is 0 Å². The predicted molar refractivity (Wildman–Crippen MR) is 95.2 cm³/mol. The third-order valence-corrected chi connectivity index (χ3v) is 4.78. The van der Waals surface area contributed by atoms with Crippen molar-refractivity contribution in [2.45, 2.75) is 25.3 Å². The smallest absolute Gasteiger partial charge is 0.255 e. The molecule has 24 heavy (non-hydrogen) atoms. The normalized spacial score (nSPS) is 16.6. The monoisotopic (exact) mass is 317 g/mol. The van der Waals surface area contributed by atoms with Crippen molar-refractivity contribution in [2.75, 3.05) is 0 Å². The van der Waals surface area contributed by atoms with Crippen molar-refractivity contribution in [3.8, 4) is 5.75 Å². The van der Waals surface area contributed by atoms with Gasteiger partial charge in [0.05, 0.1) is 11.6 Å². The lowest BCUT2D eigenvalue weighted by Crippen LogP contribution is -2.31. The standard InChI is InChI=1S/C21H19NO2/c23-20-13-16-8-2-1-7-15(16)12-18(20)21(24)22-19-11-5-9-14-6-3-4-10-17(14)19/h1-4,6-8,10,12-13,19,23H,5,9,11H2,(H,22,24). The number of hydrogen-bond donors (Lipinski definition) is 2. The first-order valence-corrected chi connectivity index (χ1v) is 8.33. The van der Waals surface area contributed by atoms with E-state index in [1.807, 2.05) is 36.4 Å². The van der Waals surface area contributed by atoms with Crippen LogP contribution in [0.4, 0.5) is 0 Å². The van der Waals surface area contributed by atoms with Crippen LogP contribution in [0.5, 0.6) is 5.75 Å². The van der Waals surface area contributed by atoms with Gasteiger partial charge in [0, 0.05) is 0 Å². The van der Waals surface area contributed by atoms with Crippen molar-refractivity contribution in [1.29, 1.82) is 0 Å². The average molecular weight is 317 g/mol. The van der Waals surface area contributed by atoms with E-state index in [0.717, 1.165) is 30.0 Å². The van der Waals surface area contributed by atoms with Crippen LogP contribution < -0.4 is 5.32 Å². The summed E-state index contributed by atoms with van der Waals surface area (Å²) in [7, 11) is 0. The van der Waals surface area contributed by atoms with Crippen molar-refractivity contribution in [3.05, 3.63) is 77.4 Å². The minimum absolute atomic E-state index is 0.00770. The summed E-state index contributed by atoms with van der Waals surface area (Å²) in [6, 6.07) is 19.4. The number of rotatable bonds is 2. The molecule has 0 fully saturated rings. The van der Waals surface area contributed by atoms with Gasteiger partial charge in [-0.1, -0.05) is 48.5 Å². The van der Waals surface area contributed by atoms with Crippen LogP contribution in [0.3, 0.4) is 0 Å². The Labute approximate surface area is 140 Å². The zero-order valence-corrected chi connectivity index (χ0v) is 13.3. The Morgan fingerprint density at radius 1 is 1.00 bits per heavy atom. The van der Waals surface area contributed by atoms with Crippen molar-refractivity contribution in [3.63, 3.8) is 0 Å². The molecular formula is C21H19NO2. The van der Waals surface area contributed by atoms with E-state index in [0.29, 0.717) is 5.56 Å². The van der Waals surface area contributed by atoms with Gasteiger partial charge in [0.15, 0.2) is 0 Å². The second-order valence-corrected chi connectivity index (χ2v) is 6.33. The summed E-state index contributed by atoms with van der Waals surface area (Å²) in [6.45, 7) is 0. The maximum Gasteiger partial charge on any atom is 0.255 e. The molecule has 0 radical (unpaired) electrons. The lowest BCUT2D eigenvalue weighted by molar-refractivity contribution is 0.0930. The van der Waals surface area contributed by atoms with Gasteiger partial charge in [0.25, 0.3) is 5.91 Å². The van der Waals surface area contributed by atoms with Crippen LogP contribution >= 0.6 is 0 Å². The Bertz CT molecular complexity index is 917. The number of benzene rings is 3. The highest BCUT2D eigenvalue weighted by atomic mass is 16.3. The molecule has 0 bridgehead atoms. The van der Waals surface area contributed by atoms with Crippen molar-refractivity contribution in [2.24, 2.45) is 0 Å². The molecule has 0 spiro atoms. The van der Waals surface area contributed by atoms with Crippen molar-refractivity contribution >= 4 is 16.7 Å². The predicted octanol–water partition coefficient (Wildman–Crippen LogP) is 4.35. The van der Waals surface area contributed by atoms with Gasteiger partial charge in [0.2, 0.25) is 0 Å². The molecule has 1 aliphatic rings. The maximum atomic E-state index is 12.7. The molecule has 1 aliphatic carbocycles. The van der Waals surface area contributed by atoms with Crippen LogP contribution in [0.15, 0.2) is 60.7 Å². The third-order valence-electron chi connectivity index (χ3n) is 4.78. The zero-order chi connectivity index (χ0) is 16.5. The number of aromatic hydroxyl groups is 1. The van der Waals surface area contributed by atoms with Crippen LogP contribution in [0.1, 0.15) is 40.4 Å². The summed E-state index contributed by atoms with van der Waals surface area (Å²) in [6.07, 6.45) is 3.05. The summed E-state index contributed by atoms with van der Waals surface area (Å²) in [4.78, 5) is 12.7. The Balaban J connectivity index is 1.65. The van der Waals surface area contributed by atoms with E-state index in [4.69, 9.17) is 0 Å². The second-order valence-electron chi connectivity index (χ2n) is 6.33. The fraction of sp³-hybridized carbons (Fsp3) is 0.190. The summed E-state index contributed by atoms with van der Waals surface area (Å²) < 4.78 is 0. The van der Waals surface area contributed by atoms with Gasteiger partial charge in [-0.2, -0.15) is 0 Å². The van der Waals surface area contributed by atoms with E-state index in [1.54, 1.807) is 12.1 Å². The molecule has 0 saturated heterocycles. The topological polar surface area (TPSA) is 49.3 Å². The largest absolute Gasteiger partial charge is 0.507 e. The molecule has 120 valence electrons. The first-order chi connectivity index (χ1) is 11.7. The fourth-order valence-corrected chi connectivity index (χ4v) is 3.55. The molecule has 3 nitrogen and oxygen atoms in total. The molecule has 0 saturated carbocycles. The van der Waals surface area contributed by atoms with E-state index in [-0.39, 0.29) is 17.7 Å². The number of hydrogen-bond acceptors (Lipinski definition) is 2. The number of aryl methyl sites for hydroxylation is 1. The van der Waals surface area contributed by atoms with Gasteiger partial charge in [-0.05, 0) is 53.3 Å². The molecule has 0 aliphatic heterocycles. The minimum Gasteiger partial charge on any atom is -0.507 e. The number of phenolic OH excluding ortho intramolecular Hbond substituents is 1. The molecule has 0 heterocycles. The molecule has 2 N–H and O–H groups in total. The highest BCUT2D eigenvalue weighted by molar-refractivity contribution is 6.01. The second kappa shape index (κ2) is 6.00. The maximum absolute atomic E-state index is 12.7. The molecule has 4 rings (SSSR count). The first kappa shape index (κ1) is 14.8. The summed E-state index contributed by atoms with van der Waals surface area (Å²) >= 11 is 0. The third kappa shape index (κ3) is 2.62.